The van der Waals surface area contributed by atoms with Crippen molar-refractivity contribution in [2.24, 2.45) is 11.7 Å². The van der Waals surface area contributed by atoms with E-state index in [1.807, 2.05) is 0 Å². The molecule has 0 aromatic heterocycles. The molecule has 0 fully saturated rings. The number of rotatable bonds is 5. The molecule has 0 aliphatic heterocycles. The predicted molar refractivity (Wildman–Crippen MR) is 48.3 cm³/mol. The highest BCUT2D eigenvalue weighted by molar-refractivity contribution is 7.87. The zero-order valence-corrected chi connectivity index (χ0v) is 8.21. The summed E-state index contributed by atoms with van der Waals surface area (Å²) in [6.07, 6.45) is 0.796. The lowest BCUT2D eigenvalue weighted by atomic mass is 10.2. The summed E-state index contributed by atoms with van der Waals surface area (Å²) < 4.78 is 26.2. The van der Waals surface area contributed by atoms with Crippen LogP contribution in [-0.4, -0.2) is 26.7 Å². The van der Waals surface area contributed by atoms with Gasteiger partial charge in [-0.3, -0.25) is 0 Å². The molecule has 0 bridgehead atoms. The van der Waals surface area contributed by atoms with Gasteiger partial charge in [-0.2, -0.15) is 8.42 Å². The minimum atomic E-state index is -3.81. The highest BCUT2D eigenvalue weighted by atomic mass is 32.2. The van der Waals surface area contributed by atoms with Crippen LogP contribution in [-0.2, 0) is 19.1 Å². The molecular weight excluding hydrogens is 194 g/mol. The number of nitrogens with two attached hydrogens (primary N) is 1. The summed E-state index contributed by atoms with van der Waals surface area (Å²) in [5.74, 6) is -1.46. The molecule has 13 heavy (non-hydrogen) atoms. The Hall–Kier alpha value is -0.880. The van der Waals surface area contributed by atoms with Crippen LogP contribution in [0.3, 0.4) is 0 Å². The average molecular weight is 207 g/mol. The van der Waals surface area contributed by atoms with Gasteiger partial charge in [0, 0.05) is 6.08 Å². The van der Waals surface area contributed by atoms with Crippen molar-refractivity contribution in [3.05, 3.63) is 12.7 Å². The first-order chi connectivity index (χ1) is 5.91. The Kier molecular flexibility index (Phi) is 4.64. The zero-order valence-electron chi connectivity index (χ0n) is 7.39. The fourth-order valence-electron chi connectivity index (χ4n) is 0.610. The van der Waals surface area contributed by atoms with E-state index in [1.165, 1.54) is 0 Å². The van der Waals surface area contributed by atoms with Gasteiger partial charge in [-0.25, -0.2) is 4.79 Å². The van der Waals surface area contributed by atoms with Gasteiger partial charge in [-0.05, 0) is 12.5 Å². The maximum Gasteiger partial charge on any atom is 0.345 e. The van der Waals surface area contributed by atoms with Crippen LogP contribution in [0.25, 0.3) is 0 Å². The predicted octanol–water partition coefficient (Wildman–Crippen LogP) is -0.360. The lowest BCUT2D eigenvalue weighted by Crippen LogP contribution is -2.23. The largest absolute Gasteiger partial charge is 0.345 e. The van der Waals surface area contributed by atoms with Gasteiger partial charge in [-0.15, -0.1) is 0 Å². The van der Waals surface area contributed by atoms with E-state index in [0.29, 0.717) is 0 Å². The summed E-state index contributed by atoms with van der Waals surface area (Å²) >= 11 is 0. The Morgan fingerprint density at radius 3 is 2.62 bits per heavy atom. The van der Waals surface area contributed by atoms with Gasteiger partial charge < -0.3 is 9.92 Å². The van der Waals surface area contributed by atoms with Gasteiger partial charge in [0.2, 0.25) is 0 Å². The smallest absolute Gasteiger partial charge is 0.342 e. The summed E-state index contributed by atoms with van der Waals surface area (Å²) in [5, 5.41) is 0. The molecule has 5 nitrogen and oxygen atoms in total. The average Bonchev–Trinajstić information content (AvgIpc) is 2.02. The van der Waals surface area contributed by atoms with E-state index in [1.54, 1.807) is 6.92 Å². The Bertz CT molecular complexity index is 283. The maximum absolute atomic E-state index is 11.0. The first-order valence-electron chi connectivity index (χ1n) is 3.70. The van der Waals surface area contributed by atoms with E-state index in [0.717, 1.165) is 6.08 Å². The number of hydrogen-bond acceptors (Lipinski definition) is 5. The molecule has 0 rings (SSSR count). The molecule has 0 saturated heterocycles. The topological polar surface area (TPSA) is 86.5 Å². The molecule has 2 N–H and O–H groups in total. The molecule has 76 valence electrons. The molecule has 6 heteroatoms. The van der Waals surface area contributed by atoms with Gasteiger partial charge in [0.1, 0.15) is 0 Å². The summed E-state index contributed by atoms with van der Waals surface area (Å²) in [6, 6.07) is 0. The monoisotopic (exact) mass is 207 g/mol. The van der Waals surface area contributed by atoms with Crippen LogP contribution in [0, 0.1) is 5.92 Å². The van der Waals surface area contributed by atoms with Crippen molar-refractivity contribution in [3.63, 3.8) is 0 Å². The molecule has 0 aliphatic carbocycles. The summed E-state index contributed by atoms with van der Waals surface area (Å²) in [6.45, 7) is 4.96. The quantitative estimate of drug-likeness (QED) is 0.491. The molecule has 0 amide bonds. The molecule has 0 aromatic rings. The first-order valence-corrected chi connectivity index (χ1v) is 5.27. The number of hydrogen-bond donors (Lipinski definition) is 1. The highest BCUT2D eigenvalue weighted by Gasteiger charge is 2.18. The second-order valence-corrected chi connectivity index (χ2v) is 4.29. The van der Waals surface area contributed by atoms with E-state index in [9.17, 15) is 13.2 Å². The van der Waals surface area contributed by atoms with Crippen LogP contribution in [0.5, 0.6) is 0 Å². The van der Waals surface area contributed by atoms with E-state index in [2.05, 4.69) is 10.8 Å². The summed E-state index contributed by atoms with van der Waals surface area (Å²) in [5.41, 5.74) is 5.22. The Labute approximate surface area is 77.7 Å². The van der Waals surface area contributed by atoms with Crippen molar-refractivity contribution in [2.75, 3.05) is 12.3 Å². The molecule has 0 aliphatic rings. The lowest BCUT2D eigenvalue weighted by Gasteiger charge is -2.07. The Morgan fingerprint density at radius 1 is 1.69 bits per heavy atom. The molecule has 0 aromatic carbocycles. The van der Waals surface area contributed by atoms with Gasteiger partial charge in [0.25, 0.3) is 0 Å². The van der Waals surface area contributed by atoms with Crippen molar-refractivity contribution in [1.82, 2.24) is 0 Å². The van der Waals surface area contributed by atoms with Crippen molar-refractivity contribution in [2.45, 2.75) is 6.92 Å². The molecule has 1 unspecified atom stereocenters. The van der Waals surface area contributed by atoms with Gasteiger partial charge in [-0.1, -0.05) is 13.5 Å². The molecular formula is C7H13NO4S. The summed E-state index contributed by atoms with van der Waals surface area (Å²) in [7, 11) is -3.81. The molecule has 1 atom stereocenters. The Morgan fingerprint density at radius 2 is 2.23 bits per heavy atom. The van der Waals surface area contributed by atoms with Crippen molar-refractivity contribution >= 4 is 16.1 Å². The van der Waals surface area contributed by atoms with E-state index in [-0.39, 0.29) is 18.2 Å². The highest BCUT2D eigenvalue weighted by Crippen LogP contribution is 2.02. The van der Waals surface area contributed by atoms with Crippen LogP contribution >= 0.6 is 0 Å². The van der Waals surface area contributed by atoms with Crippen LogP contribution in [0.2, 0.25) is 0 Å². The molecule has 0 radical (unpaired) electrons. The summed E-state index contributed by atoms with van der Waals surface area (Å²) in [4.78, 5) is 10.5. The zero-order chi connectivity index (χ0) is 10.5. The standard InChI is InChI=1S/C7H13NO4S/c1-3-7(9)12-13(10,11)5-6(2)4-8/h3,6H,1,4-5,8H2,2H3. The maximum atomic E-state index is 11.0. The van der Waals surface area contributed by atoms with Gasteiger partial charge in [0.05, 0.1) is 5.75 Å². The van der Waals surface area contributed by atoms with Crippen molar-refractivity contribution < 1.29 is 17.4 Å². The van der Waals surface area contributed by atoms with Gasteiger partial charge >= 0.3 is 16.1 Å². The van der Waals surface area contributed by atoms with Crippen LogP contribution in [0.4, 0.5) is 0 Å². The van der Waals surface area contributed by atoms with E-state index < -0.39 is 16.1 Å². The molecule has 0 saturated carbocycles. The van der Waals surface area contributed by atoms with Crippen LogP contribution in [0.1, 0.15) is 6.92 Å². The van der Waals surface area contributed by atoms with Gasteiger partial charge in [0.15, 0.2) is 0 Å². The second-order valence-electron chi connectivity index (χ2n) is 2.67. The minimum absolute atomic E-state index is 0.227. The fraction of sp³-hybridized carbons (Fsp3) is 0.571. The molecule has 0 heterocycles. The number of carbonyl (C=O) groups excluding carboxylic acids is 1. The van der Waals surface area contributed by atoms with Crippen LogP contribution < -0.4 is 5.73 Å². The third kappa shape index (κ3) is 5.37. The Balaban J connectivity index is 4.25. The molecule has 0 spiro atoms. The van der Waals surface area contributed by atoms with E-state index in [4.69, 9.17) is 5.73 Å². The van der Waals surface area contributed by atoms with E-state index >= 15 is 0 Å². The third-order valence-corrected chi connectivity index (χ3v) is 2.66. The van der Waals surface area contributed by atoms with Crippen molar-refractivity contribution in [3.8, 4) is 0 Å². The second kappa shape index (κ2) is 4.98. The fourth-order valence-corrected chi connectivity index (χ4v) is 1.83. The third-order valence-electron chi connectivity index (χ3n) is 1.27. The SMILES string of the molecule is C=CC(=O)OS(=O)(=O)CC(C)CN. The first kappa shape index (κ1) is 12.1. The van der Waals surface area contributed by atoms with Crippen LogP contribution in [0.15, 0.2) is 12.7 Å². The van der Waals surface area contributed by atoms with Crippen molar-refractivity contribution in [1.29, 1.82) is 0 Å². The lowest BCUT2D eigenvalue weighted by molar-refractivity contribution is -0.128. The minimum Gasteiger partial charge on any atom is -0.342 e. The number of carbonyl (C=O) groups is 1. The normalized spacial score (nSPS) is 13.4.